The second-order valence-electron chi connectivity index (χ2n) is 28.9. The van der Waals surface area contributed by atoms with E-state index in [0.29, 0.717) is 63.3 Å². The fourth-order valence-electron chi connectivity index (χ4n) is 12.8. The van der Waals surface area contributed by atoms with Crippen molar-refractivity contribution in [1.82, 2.24) is 0 Å². The highest BCUT2D eigenvalue weighted by molar-refractivity contribution is 7.57. The molecule has 0 aliphatic heterocycles. The normalized spacial score (nSPS) is 12.0. The summed E-state index contributed by atoms with van der Waals surface area (Å²) in [6.07, 6.45) is 5.78. The molecule has 0 radical (unpaired) electrons. The monoisotopic (exact) mass is 1730 g/mol. The number of aryl methyl sites for hydroxylation is 10. The molecule has 10 unspecified atom stereocenters. The molecule has 20 heteroatoms. The molecular formula is C94H128O10P10. The van der Waals surface area contributed by atoms with Gasteiger partial charge in [0.05, 0.1) is 0 Å². The van der Waals surface area contributed by atoms with Crippen LogP contribution in [0.4, 0.5) is 0 Å². The number of rotatable bonds is 35. The van der Waals surface area contributed by atoms with E-state index in [1.165, 1.54) is 136 Å². The van der Waals surface area contributed by atoms with Crippen molar-refractivity contribution in [2.45, 2.75) is 126 Å². The van der Waals surface area contributed by atoms with Gasteiger partial charge in [-0.1, -0.05) is 215 Å². The van der Waals surface area contributed by atoms with Gasteiger partial charge in [0.2, 0.25) is 0 Å². The summed E-state index contributed by atoms with van der Waals surface area (Å²) in [7, 11) is 16.0. The first kappa shape index (κ1) is 98.1. The molecule has 0 N–H and O–H groups in total. The Kier molecular flexibility index (Phi) is 45.7. The Hall–Kier alpha value is -4.70. The van der Waals surface area contributed by atoms with E-state index >= 15 is 0 Å². The lowest BCUT2D eigenvalue weighted by molar-refractivity contribution is 0.0505. The summed E-state index contributed by atoms with van der Waals surface area (Å²) in [6.45, 7) is 41.2. The second-order valence-corrected chi connectivity index (χ2v) is 40.7. The van der Waals surface area contributed by atoms with E-state index in [1.54, 1.807) is 35.5 Å². The molecule has 114 heavy (non-hydrogen) atoms. The first-order valence-corrected chi connectivity index (χ1v) is 52.1. The third-order valence-electron chi connectivity index (χ3n) is 18.3. The van der Waals surface area contributed by atoms with Gasteiger partial charge in [-0.25, -0.2) is 0 Å². The Bertz CT molecular complexity index is 4530. The summed E-state index contributed by atoms with van der Waals surface area (Å²) in [4.78, 5) is 0. The Morgan fingerprint density at radius 1 is 0.254 bits per heavy atom. The second kappa shape index (κ2) is 53.1. The van der Waals surface area contributed by atoms with Gasteiger partial charge in [0.25, 0.3) is 0 Å². The van der Waals surface area contributed by atoms with Crippen LogP contribution in [0.1, 0.15) is 110 Å². The van der Waals surface area contributed by atoms with Crippen LogP contribution in [-0.4, -0.2) is 103 Å². The topological polar surface area (TPSA) is 92.3 Å². The molecule has 0 spiro atoms. The number of hydrogen-bond acceptors (Lipinski definition) is 10. The van der Waals surface area contributed by atoms with E-state index in [1.807, 2.05) is 12.1 Å². The molecule has 0 fully saturated rings. The van der Waals surface area contributed by atoms with Crippen molar-refractivity contribution in [2.24, 2.45) is 0 Å². The maximum atomic E-state index is 6.10. The Balaban J connectivity index is 0.000000222. The van der Waals surface area contributed by atoms with Crippen LogP contribution in [-0.2, 0) is 59.9 Å². The zero-order valence-electron chi connectivity index (χ0n) is 71.9. The van der Waals surface area contributed by atoms with Crippen molar-refractivity contribution in [2.75, 3.05) is 103 Å². The summed E-state index contributed by atoms with van der Waals surface area (Å²) < 4.78 is 54.7. The van der Waals surface area contributed by atoms with Crippen LogP contribution in [0.15, 0.2) is 176 Å². The molecule has 0 amide bonds. The summed E-state index contributed by atoms with van der Waals surface area (Å²) in [5.74, 6) is 4.79. The van der Waals surface area contributed by atoms with Crippen LogP contribution in [0.25, 0.3) is 0 Å². The molecule has 10 aromatic rings. The van der Waals surface area contributed by atoms with Gasteiger partial charge in [0.1, 0.15) is 28.7 Å². The molecular weight excluding hydrogens is 1600 g/mol. The number of benzene rings is 10. The minimum atomic E-state index is 0.0215. The molecule has 0 aliphatic carbocycles. The van der Waals surface area contributed by atoms with Gasteiger partial charge in [-0.2, -0.15) is 0 Å². The molecule has 0 aliphatic rings. The van der Waals surface area contributed by atoms with Gasteiger partial charge in [0, 0.05) is 67.6 Å². The summed E-state index contributed by atoms with van der Waals surface area (Å²) in [6, 6.07) is 63.1. The molecule has 0 bridgehead atoms. The fourth-order valence-corrected chi connectivity index (χ4v) is 24.4. The van der Waals surface area contributed by atoms with Gasteiger partial charge in [-0.05, 0) is 274 Å². The summed E-state index contributed by atoms with van der Waals surface area (Å²) in [5.41, 5.74) is 21.6. The zero-order valence-corrected chi connectivity index (χ0v) is 81.9. The van der Waals surface area contributed by atoms with E-state index in [0.717, 1.165) is 108 Å². The Morgan fingerprint density at radius 3 is 0.947 bits per heavy atom. The zero-order chi connectivity index (χ0) is 83.1. The van der Waals surface area contributed by atoms with Crippen LogP contribution in [0.3, 0.4) is 0 Å². The fraction of sp³-hybridized carbons (Fsp3) is 0.362. The van der Waals surface area contributed by atoms with E-state index in [-0.39, 0.29) is 19.0 Å². The highest BCUT2D eigenvalue weighted by Crippen LogP contribution is 2.37. The number of methoxy groups -OCH3 is 5. The minimum Gasteiger partial charge on any atom is -0.467 e. The van der Waals surface area contributed by atoms with Crippen LogP contribution in [0.2, 0.25) is 0 Å². The van der Waals surface area contributed by atoms with Gasteiger partial charge < -0.3 is 47.4 Å². The van der Waals surface area contributed by atoms with E-state index in [4.69, 9.17) is 47.4 Å². The average molecular weight is 1730 g/mol. The first-order chi connectivity index (χ1) is 54.9. The third-order valence-corrected chi connectivity index (χ3v) is 30.0. The number of para-hydroxylation sites is 2. The smallest absolute Gasteiger partial charge is 0.188 e. The maximum absolute atomic E-state index is 6.10. The van der Waals surface area contributed by atoms with Gasteiger partial charge in [-0.3, -0.25) is 0 Å². The molecule has 0 saturated carbocycles. The van der Waals surface area contributed by atoms with Gasteiger partial charge in [0.15, 0.2) is 34.0 Å². The van der Waals surface area contributed by atoms with Gasteiger partial charge in [-0.15, -0.1) is 42.9 Å². The van der Waals surface area contributed by atoms with Crippen molar-refractivity contribution >= 4 is 139 Å². The molecule has 0 heterocycles. The molecule has 0 saturated heterocycles. The lowest BCUT2D eigenvalue weighted by Gasteiger charge is -2.26. The summed E-state index contributed by atoms with van der Waals surface area (Å²) in [5, 5.41) is 13.6. The van der Waals surface area contributed by atoms with Gasteiger partial charge >= 0.3 is 0 Å². The van der Waals surface area contributed by atoms with E-state index < -0.39 is 0 Å². The van der Waals surface area contributed by atoms with Crippen molar-refractivity contribution in [3.05, 3.63) is 265 Å². The van der Waals surface area contributed by atoms with Crippen molar-refractivity contribution < 1.29 is 47.4 Å². The summed E-state index contributed by atoms with van der Waals surface area (Å²) >= 11 is 0. The maximum Gasteiger partial charge on any atom is 0.188 e. The molecule has 614 valence electrons. The standard InChI is InChI=1S/C22H32O2P2.C19H26O2P2.2C18H24O2P2.C17H22O2P2/c1-15-11-18(22(3,4)5)20(24-14-23-6)19(12-15)26-21-16(2)9-8-10-17(21)13-25-7;1-13-9-15(3)18(21-12-20-4)17(10-13)23-19-14(2)7-6-8-16(19)11-22-5;1-13-7-6-10-16(17(13)20-12-19-3)22-18-14(2)8-5-9-15(18)11-21-4;1-13-8-9-16(20-12-19-3)17(10-13)22-18-14(2)6-5-7-15(18)11-21-4;1-13-7-6-8-14(11-20-3)17(13)21-16-10-5-4-9-15(16)19-12-18-2/h8-12,25-26H,13-14H2,1-7H3;6-10,22-23H,11-12H2,1-5H3;2*5-10,21-22H,11-12H2,1-4H3;4-10,20-21H,11-12H2,1-3H3. The Morgan fingerprint density at radius 2 is 0.553 bits per heavy atom. The average Bonchev–Trinajstić information content (AvgIpc) is 0.786. The van der Waals surface area contributed by atoms with Crippen LogP contribution < -0.4 is 76.7 Å². The van der Waals surface area contributed by atoms with Crippen LogP contribution in [0, 0.1) is 69.2 Å². The predicted molar refractivity (Wildman–Crippen MR) is 521 cm³/mol. The largest absolute Gasteiger partial charge is 0.467 e. The van der Waals surface area contributed by atoms with Crippen molar-refractivity contribution in [1.29, 1.82) is 0 Å². The minimum absolute atomic E-state index is 0.0215. The van der Waals surface area contributed by atoms with E-state index in [9.17, 15) is 0 Å². The Labute approximate surface area is 704 Å². The quantitative estimate of drug-likeness (QED) is 0.0282. The third kappa shape index (κ3) is 31.5. The predicted octanol–water partition coefficient (Wildman–Crippen LogP) is 19.9. The van der Waals surface area contributed by atoms with E-state index in [2.05, 4.69) is 287 Å². The van der Waals surface area contributed by atoms with Crippen LogP contribution >= 0.6 is 85.8 Å². The molecule has 10 atom stereocenters. The number of hydrogen-bond donors (Lipinski definition) is 0. The van der Waals surface area contributed by atoms with Crippen molar-refractivity contribution in [3.63, 3.8) is 0 Å². The number of ether oxygens (including phenoxy) is 10. The SMILES string of the molecule is COCOc1c(C)cc(C)cc1Pc1c(C)cccc1CPC.COCOc1c(C)cccc1Pc1c(C)cccc1CPC.COCOc1c(Pc2c(C)cccc2CPC)cc(C)cc1C(C)(C)C.COCOc1ccc(C)cc1Pc1c(C)cccc1CPC.COCOc1ccccc1Pc1c(C)cccc1CPC. The molecule has 10 nitrogen and oxygen atoms in total. The lowest BCUT2D eigenvalue weighted by atomic mass is 9.85. The van der Waals surface area contributed by atoms with Crippen LogP contribution in [0.5, 0.6) is 28.7 Å². The molecule has 0 aromatic heterocycles. The highest BCUT2D eigenvalue weighted by Gasteiger charge is 2.24. The molecule has 10 rings (SSSR count). The van der Waals surface area contributed by atoms with Crippen molar-refractivity contribution in [3.8, 4) is 28.7 Å². The highest BCUT2D eigenvalue weighted by atomic mass is 31.1. The molecule has 10 aromatic carbocycles. The lowest BCUT2D eigenvalue weighted by Crippen LogP contribution is -2.21. The first-order valence-electron chi connectivity index (χ1n) is 38.6.